The van der Waals surface area contributed by atoms with Crippen molar-refractivity contribution in [1.82, 2.24) is 24.9 Å². The van der Waals surface area contributed by atoms with Crippen molar-refractivity contribution < 1.29 is 9.90 Å². The molecule has 2 aliphatic rings. The second-order valence-electron chi connectivity index (χ2n) is 6.63. The minimum absolute atomic E-state index is 0.155. The Bertz CT molecular complexity index is 487. The van der Waals surface area contributed by atoms with Gasteiger partial charge in [-0.25, -0.2) is 0 Å². The predicted octanol–water partition coefficient (Wildman–Crippen LogP) is -0.447. The molecule has 0 unspecified atom stereocenters. The zero-order valence-electron chi connectivity index (χ0n) is 13.7. The molecular formula is C16H27N5O2. The lowest BCUT2D eigenvalue weighted by Gasteiger charge is -2.24. The van der Waals surface area contributed by atoms with Crippen molar-refractivity contribution in [2.24, 2.45) is 0 Å². The van der Waals surface area contributed by atoms with E-state index in [9.17, 15) is 9.90 Å². The molecule has 3 heterocycles. The summed E-state index contributed by atoms with van der Waals surface area (Å²) >= 11 is 0. The van der Waals surface area contributed by atoms with E-state index in [4.69, 9.17) is 0 Å². The number of aliphatic hydroxyl groups excluding tert-OH is 1. The summed E-state index contributed by atoms with van der Waals surface area (Å²) in [6, 6.07) is 0. The highest BCUT2D eigenvalue weighted by Gasteiger charge is 2.26. The van der Waals surface area contributed by atoms with E-state index in [1.165, 1.54) is 18.4 Å². The first-order valence-electron chi connectivity index (χ1n) is 8.59. The maximum Gasteiger partial charge on any atom is 0.236 e. The summed E-state index contributed by atoms with van der Waals surface area (Å²) in [7, 11) is 0. The van der Waals surface area contributed by atoms with Crippen LogP contribution in [0.25, 0.3) is 0 Å². The van der Waals surface area contributed by atoms with Gasteiger partial charge in [0.15, 0.2) is 0 Å². The summed E-state index contributed by atoms with van der Waals surface area (Å²) in [5.74, 6) is 0.155. The quantitative estimate of drug-likeness (QED) is 0.768. The van der Waals surface area contributed by atoms with Crippen molar-refractivity contribution >= 4 is 5.91 Å². The molecule has 2 aliphatic heterocycles. The Morgan fingerprint density at radius 3 is 2.78 bits per heavy atom. The SMILES string of the molecule is O=C(CN1CCCC1)N1CCN(CCc2cn[nH]c2)C[C@@H](O)C1. The van der Waals surface area contributed by atoms with Gasteiger partial charge >= 0.3 is 0 Å². The van der Waals surface area contributed by atoms with E-state index in [1.807, 2.05) is 17.3 Å². The second kappa shape index (κ2) is 7.90. The molecule has 0 aliphatic carbocycles. The number of carbonyl (C=O) groups is 1. The number of hydrogen-bond donors (Lipinski definition) is 2. The van der Waals surface area contributed by atoms with Crippen LogP contribution in [0.15, 0.2) is 12.4 Å². The Balaban J connectivity index is 1.47. The van der Waals surface area contributed by atoms with Crippen LogP contribution < -0.4 is 0 Å². The molecule has 7 heteroatoms. The number of amides is 1. The number of nitrogens with one attached hydrogen (secondary N) is 1. The van der Waals surface area contributed by atoms with Gasteiger partial charge in [-0.15, -0.1) is 0 Å². The summed E-state index contributed by atoms with van der Waals surface area (Å²) in [5, 5.41) is 17.0. The van der Waals surface area contributed by atoms with Gasteiger partial charge in [0.05, 0.1) is 18.8 Å². The molecule has 2 saturated heterocycles. The predicted molar refractivity (Wildman–Crippen MR) is 87.0 cm³/mol. The fourth-order valence-corrected chi connectivity index (χ4v) is 3.42. The van der Waals surface area contributed by atoms with Gasteiger partial charge in [0.2, 0.25) is 5.91 Å². The first-order chi connectivity index (χ1) is 11.2. The van der Waals surface area contributed by atoms with E-state index in [2.05, 4.69) is 20.0 Å². The summed E-state index contributed by atoms with van der Waals surface area (Å²) in [4.78, 5) is 18.7. The highest BCUT2D eigenvalue weighted by Crippen LogP contribution is 2.10. The Kier molecular flexibility index (Phi) is 5.64. The Labute approximate surface area is 137 Å². The van der Waals surface area contributed by atoms with Crippen LogP contribution in [0, 0.1) is 0 Å². The third kappa shape index (κ3) is 4.76. The zero-order valence-corrected chi connectivity index (χ0v) is 13.7. The normalized spacial score (nSPS) is 24.0. The molecule has 0 aromatic carbocycles. The molecule has 0 bridgehead atoms. The average molecular weight is 321 g/mol. The number of H-pyrrole nitrogens is 1. The van der Waals surface area contributed by atoms with Gasteiger partial charge in [0.25, 0.3) is 0 Å². The van der Waals surface area contributed by atoms with Gasteiger partial charge in [0.1, 0.15) is 0 Å². The number of nitrogens with zero attached hydrogens (tertiary/aromatic N) is 4. The van der Waals surface area contributed by atoms with E-state index >= 15 is 0 Å². The van der Waals surface area contributed by atoms with Crippen LogP contribution in [0.5, 0.6) is 0 Å². The summed E-state index contributed by atoms with van der Waals surface area (Å²) in [6.45, 7) is 6.04. The van der Waals surface area contributed by atoms with Crippen molar-refractivity contribution in [1.29, 1.82) is 0 Å². The van der Waals surface area contributed by atoms with E-state index in [1.54, 1.807) is 0 Å². The number of aromatic amines is 1. The smallest absolute Gasteiger partial charge is 0.236 e. The number of rotatable bonds is 5. The number of β-amino-alcohol motifs (C(OH)–C–C–N with tert-alkyl or cyclic N) is 1. The lowest BCUT2D eigenvalue weighted by molar-refractivity contribution is -0.133. The number of aromatic nitrogens is 2. The van der Waals surface area contributed by atoms with Gasteiger partial charge < -0.3 is 10.0 Å². The molecule has 1 atom stereocenters. The molecule has 3 rings (SSSR count). The van der Waals surface area contributed by atoms with Crippen LogP contribution in [0.2, 0.25) is 0 Å². The summed E-state index contributed by atoms with van der Waals surface area (Å²) in [6.07, 6.45) is 6.56. The number of carbonyl (C=O) groups excluding carboxylic acids is 1. The van der Waals surface area contributed by atoms with Gasteiger partial charge in [-0.05, 0) is 37.9 Å². The molecule has 2 fully saturated rings. The highest BCUT2D eigenvalue weighted by atomic mass is 16.3. The maximum atomic E-state index is 12.4. The summed E-state index contributed by atoms with van der Waals surface area (Å²) < 4.78 is 0. The van der Waals surface area contributed by atoms with E-state index in [-0.39, 0.29) is 5.91 Å². The van der Waals surface area contributed by atoms with E-state index in [0.29, 0.717) is 26.2 Å². The Morgan fingerprint density at radius 1 is 1.22 bits per heavy atom. The number of likely N-dealkylation sites (tertiary alicyclic amines) is 1. The van der Waals surface area contributed by atoms with E-state index in [0.717, 1.165) is 32.6 Å². The number of hydrogen-bond acceptors (Lipinski definition) is 5. The van der Waals surface area contributed by atoms with Crippen LogP contribution in [-0.4, -0.2) is 94.4 Å². The molecule has 7 nitrogen and oxygen atoms in total. The lowest BCUT2D eigenvalue weighted by atomic mass is 10.2. The fourth-order valence-electron chi connectivity index (χ4n) is 3.42. The molecule has 2 N–H and O–H groups in total. The standard InChI is InChI=1S/C16H27N5O2/c22-15-11-20(6-3-14-9-17-18-10-14)7-8-21(12-15)16(23)13-19-4-1-2-5-19/h9-10,15,22H,1-8,11-13H2,(H,17,18)/t15-/m1/s1. The van der Waals surface area contributed by atoms with E-state index < -0.39 is 6.10 Å². The highest BCUT2D eigenvalue weighted by molar-refractivity contribution is 5.78. The molecule has 1 aromatic rings. The van der Waals surface area contributed by atoms with Gasteiger partial charge in [-0.2, -0.15) is 5.10 Å². The van der Waals surface area contributed by atoms with Gasteiger partial charge in [0, 0.05) is 38.9 Å². The molecule has 1 amide bonds. The molecule has 1 aromatic heterocycles. The summed E-state index contributed by atoms with van der Waals surface area (Å²) in [5.41, 5.74) is 1.17. The molecule has 128 valence electrons. The average Bonchev–Trinajstić information content (AvgIpc) is 3.18. The van der Waals surface area contributed by atoms with Crippen molar-refractivity contribution in [3.8, 4) is 0 Å². The third-order valence-electron chi connectivity index (χ3n) is 4.77. The zero-order chi connectivity index (χ0) is 16.1. The van der Waals surface area contributed by atoms with Crippen LogP contribution in [0.1, 0.15) is 18.4 Å². The first kappa shape index (κ1) is 16.4. The minimum atomic E-state index is -0.468. The lowest BCUT2D eigenvalue weighted by Crippen LogP contribution is -2.43. The topological polar surface area (TPSA) is 75.7 Å². The van der Waals surface area contributed by atoms with Crippen molar-refractivity contribution in [2.75, 3.05) is 52.4 Å². The molecule has 0 radical (unpaired) electrons. The van der Waals surface area contributed by atoms with Gasteiger partial charge in [-0.1, -0.05) is 0 Å². The van der Waals surface area contributed by atoms with Crippen LogP contribution >= 0.6 is 0 Å². The Hall–Kier alpha value is -1.44. The Morgan fingerprint density at radius 2 is 2.04 bits per heavy atom. The first-order valence-corrected chi connectivity index (χ1v) is 8.59. The molecular weight excluding hydrogens is 294 g/mol. The van der Waals surface area contributed by atoms with Crippen LogP contribution in [-0.2, 0) is 11.2 Å². The van der Waals surface area contributed by atoms with Crippen LogP contribution in [0.3, 0.4) is 0 Å². The number of aliphatic hydroxyl groups is 1. The molecule has 23 heavy (non-hydrogen) atoms. The minimum Gasteiger partial charge on any atom is -0.390 e. The van der Waals surface area contributed by atoms with Crippen molar-refractivity contribution in [2.45, 2.75) is 25.4 Å². The fraction of sp³-hybridized carbons (Fsp3) is 0.750. The third-order valence-corrected chi connectivity index (χ3v) is 4.77. The largest absolute Gasteiger partial charge is 0.390 e. The molecule has 0 spiro atoms. The van der Waals surface area contributed by atoms with Gasteiger partial charge in [-0.3, -0.25) is 19.7 Å². The van der Waals surface area contributed by atoms with Crippen molar-refractivity contribution in [3.05, 3.63) is 18.0 Å². The second-order valence-corrected chi connectivity index (χ2v) is 6.63. The van der Waals surface area contributed by atoms with Crippen LogP contribution in [0.4, 0.5) is 0 Å². The maximum absolute atomic E-state index is 12.4. The van der Waals surface area contributed by atoms with Crippen molar-refractivity contribution in [3.63, 3.8) is 0 Å². The molecule has 0 saturated carbocycles. The monoisotopic (exact) mass is 321 g/mol.